The van der Waals surface area contributed by atoms with Gasteiger partial charge in [0.1, 0.15) is 6.33 Å². The third-order valence-corrected chi connectivity index (χ3v) is 3.46. The molecule has 0 saturated carbocycles. The second kappa shape index (κ2) is 9.43. The number of aromatic nitrogens is 2. The van der Waals surface area contributed by atoms with Gasteiger partial charge in [0.05, 0.1) is 23.7 Å². The van der Waals surface area contributed by atoms with Gasteiger partial charge in [0.15, 0.2) is 0 Å². The average molecular weight is 375 g/mol. The van der Waals surface area contributed by atoms with Gasteiger partial charge in [-0.15, -0.1) is 0 Å². The fraction of sp³-hybridized carbons (Fsp3) is 0.353. The molecule has 2 N–H and O–H groups in total. The molecule has 2 rings (SSSR count). The zero-order valence-electron chi connectivity index (χ0n) is 15.3. The lowest BCUT2D eigenvalue weighted by atomic mass is 10.2. The summed E-state index contributed by atoms with van der Waals surface area (Å²) in [6.07, 6.45) is 1.23. The molecule has 0 aliphatic carbocycles. The Labute approximate surface area is 156 Å². The molecular formula is C17H21N5O5. The van der Waals surface area contributed by atoms with Gasteiger partial charge in [0, 0.05) is 18.8 Å². The molecule has 1 heterocycles. The van der Waals surface area contributed by atoms with Crippen molar-refractivity contribution in [2.75, 3.05) is 31.0 Å². The summed E-state index contributed by atoms with van der Waals surface area (Å²) in [5.74, 6) is -0.313. The van der Waals surface area contributed by atoms with Crippen LogP contribution < -0.4 is 10.6 Å². The number of rotatable bonds is 9. The van der Waals surface area contributed by atoms with Crippen LogP contribution in [0.3, 0.4) is 0 Å². The predicted molar refractivity (Wildman–Crippen MR) is 99.3 cm³/mol. The number of methoxy groups -OCH3 is 1. The maximum Gasteiger partial charge on any atom is 0.353 e. The first kappa shape index (κ1) is 20.0. The number of nitrogens with one attached hydrogen (secondary N) is 2. The first-order valence-electron chi connectivity index (χ1n) is 8.25. The molecular weight excluding hydrogens is 354 g/mol. The van der Waals surface area contributed by atoms with Gasteiger partial charge < -0.3 is 20.1 Å². The van der Waals surface area contributed by atoms with Gasteiger partial charge in [-0.1, -0.05) is 0 Å². The Morgan fingerprint density at radius 2 is 1.93 bits per heavy atom. The Balaban J connectivity index is 2.25. The van der Waals surface area contributed by atoms with Crippen molar-refractivity contribution in [2.45, 2.75) is 19.9 Å². The van der Waals surface area contributed by atoms with E-state index < -0.39 is 10.9 Å². The number of hydrogen-bond acceptors (Lipinski definition) is 9. The van der Waals surface area contributed by atoms with Gasteiger partial charge in [-0.25, -0.2) is 14.8 Å². The number of carbonyl (C=O) groups excluding carboxylic acids is 1. The van der Waals surface area contributed by atoms with Gasteiger partial charge in [0.2, 0.25) is 11.6 Å². The number of anilines is 3. The summed E-state index contributed by atoms with van der Waals surface area (Å²) in [5, 5.41) is 17.4. The molecule has 144 valence electrons. The fourth-order valence-corrected chi connectivity index (χ4v) is 2.31. The summed E-state index contributed by atoms with van der Waals surface area (Å²) in [7, 11) is 1.54. The van der Waals surface area contributed by atoms with Crippen LogP contribution in [0.5, 0.6) is 0 Å². The molecule has 27 heavy (non-hydrogen) atoms. The largest absolute Gasteiger partial charge is 0.462 e. The molecule has 0 radical (unpaired) electrons. The molecule has 1 aromatic heterocycles. The van der Waals surface area contributed by atoms with Crippen LogP contribution in [-0.2, 0) is 9.47 Å². The second-order valence-corrected chi connectivity index (χ2v) is 5.60. The van der Waals surface area contributed by atoms with E-state index in [-0.39, 0.29) is 30.0 Å². The maximum absolute atomic E-state index is 11.7. The van der Waals surface area contributed by atoms with Crippen LogP contribution in [0.2, 0.25) is 0 Å². The minimum Gasteiger partial charge on any atom is -0.462 e. The molecule has 10 heteroatoms. The Hall–Kier alpha value is -3.27. The fourth-order valence-electron chi connectivity index (χ4n) is 2.31. The minimum atomic E-state index is -0.558. The highest BCUT2D eigenvalue weighted by molar-refractivity contribution is 5.90. The van der Waals surface area contributed by atoms with Gasteiger partial charge in [0.25, 0.3) is 0 Å². The standard InChI is InChI=1S/C17H21N5O5/c1-4-27-17(23)12-5-7-13(8-6-12)21-16-14(22(24)25)15(18-10-19-16)20-11(2)9-26-3/h5-8,10-11H,4,9H2,1-3H3,(H2,18,19,20,21). The van der Waals surface area contributed by atoms with Crippen molar-refractivity contribution in [1.29, 1.82) is 0 Å². The Morgan fingerprint density at radius 1 is 1.26 bits per heavy atom. The molecule has 0 bridgehead atoms. The molecule has 0 saturated heterocycles. The number of ether oxygens (including phenoxy) is 2. The lowest BCUT2D eigenvalue weighted by Crippen LogP contribution is -2.22. The van der Waals surface area contributed by atoms with Crippen LogP contribution in [-0.4, -0.2) is 47.2 Å². The van der Waals surface area contributed by atoms with Crippen molar-refractivity contribution in [2.24, 2.45) is 0 Å². The van der Waals surface area contributed by atoms with Crippen LogP contribution in [0.25, 0.3) is 0 Å². The van der Waals surface area contributed by atoms with E-state index in [1.165, 1.54) is 6.33 Å². The van der Waals surface area contributed by atoms with Gasteiger partial charge >= 0.3 is 11.7 Å². The summed E-state index contributed by atoms with van der Waals surface area (Å²) in [6.45, 7) is 4.18. The van der Waals surface area contributed by atoms with Crippen molar-refractivity contribution < 1.29 is 19.2 Å². The molecule has 1 unspecified atom stereocenters. The van der Waals surface area contributed by atoms with Crippen LogP contribution >= 0.6 is 0 Å². The smallest absolute Gasteiger partial charge is 0.353 e. The van der Waals surface area contributed by atoms with E-state index in [1.54, 1.807) is 38.3 Å². The quantitative estimate of drug-likeness (QED) is 0.386. The Morgan fingerprint density at radius 3 is 2.52 bits per heavy atom. The SMILES string of the molecule is CCOC(=O)c1ccc(Nc2ncnc(NC(C)COC)c2[N+](=O)[O-])cc1. The Kier molecular flexibility index (Phi) is 7.00. The van der Waals surface area contributed by atoms with Crippen molar-refractivity contribution >= 4 is 29.0 Å². The number of benzene rings is 1. The van der Waals surface area contributed by atoms with Crippen molar-refractivity contribution in [1.82, 2.24) is 9.97 Å². The highest BCUT2D eigenvalue weighted by atomic mass is 16.6. The second-order valence-electron chi connectivity index (χ2n) is 5.60. The normalized spacial score (nSPS) is 11.5. The highest BCUT2D eigenvalue weighted by Crippen LogP contribution is 2.31. The van der Waals surface area contributed by atoms with E-state index in [9.17, 15) is 14.9 Å². The summed E-state index contributed by atoms with van der Waals surface area (Å²) in [6, 6.07) is 6.16. The summed E-state index contributed by atoms with van der Waals surface area (Å²) < 4.78 is 9.94. The molecule has 0 aliphatic heterocycles. The molecule has 0 aliphatic rings. The topological polar surface area (TPSA) is 129 Å². The molecule has 0 fully saturated rings. The van der Waals surface area contributed by atoms with Crippen LogP contribution in [0, 0.1) is 10.1 Å². The summed E-state index contributed by atoms with van der Waals surface area (Å²) in [5.41, 5.74) is 0.631. The monoisotopic (exact) mass is 375 g/mol. The third kappa shape index (κ3) is 5.35. The molecule has 1 atom stereocenters. The Bertz CT molecular complexity index is 797. The molecule has 0 amide bonds. The summed E-state index contributed by atoms with van der Waals surface area (Å²) >= 11 is 0. The van der Waals surface area contributed by atoms with E-state index in [0.717, 1.165) is 0 Å². The zero-order chi connectivity index (χ0) is 19.8. The summed E-state index contributed by atoms with van der Waals surface area (Å²) in [4.78, 5) is 30.6. The van der Waals surface area contributed by atoms with Crippen LogP contribution in [0.1, 0.15) is 24.2 Å². The maximum atomic E-state index is 11.7. The van der Waals surface area contributed by atoms with E-state index in [0.29, 0.717) is 17.9 Å². The first-order valence-corrected chi connectivity index (χ1v) is 8.25. The van der Waals surface area contributed by atoms with Gasteiger partial charge in [-0.3, -0.25) is 10.1 Å². The van der Waals surface area contributed by atoms with Gasteiger partial charge in [-0.2, -0.15) is 0 Å². The third-order valence-electron chi connectivity index (χ3n) is 3.46. The first-order chi connectivity index (χ1) is 13.0. The number of hydrogen-bond donors (Lipinski definition) is 2. The van der Waals surface area contributed by atoms with E-state index in [1.807, 2.05) is 6.92 Å². The molecule has 2 aromatic rings. The predicted octanol–water partition coefficient (Wildman–Crippen LogP) is 2.75. The van der Waals surface area contributed by atoms with E-state index >= 15 is 0 Å². The number of carbonyl (C=O) groups is 1. The molecule has 0 spiro atoms. The number of esters is 1. The minimum absolute atomic E-state index is 0.0333. The van der Waals surface area contributed by atoms with Crippen molar-refractivity contribution in [3.05, 3.63) is 46.3 Å². The number of nitro groups is 1. The van der Waals surface area contributed by atoms with E-state index in [2.05, 4.69) is 20.6 Å². The van der Waals surface area contributed by atoms with Crippen molar-refractivity contribution in [3.8, 4) is 0 Å². The van der Waals surface area contributed by atoms with Crippen LogP contribution in [0.4, 0.5) is 23.0 Å². The highest BCUT2D eigenvalue weighted by Gasteiger charge is 2.24. The molecule has 10 nitrogen and oxygen atoms in total. The molecule has 1 aromatic carbocycles. The zero-order valence-corrected chi connectivity index (χ0v) is 15.3. The lowest BCUT2D eigenvalue weighted by molar-refractivity contribution is -0.383. The van der Waals surface area contributed by atoms with E-state index in [4.69, 9.17) is 9.47 Å². The van der Waals surface area contributed by atoms with Crippen LogP contribution in [0.15, 0.2) is 30.6 Å². The lowest BCUT2D eigenvalue weighted by Gasteiger charge is -2.14. The van der Waals surface area contributed by atoms with Crippen molar-refractivity contribution in [3.63, 3.8) is 0 Å². The average Bonchev–Trinajstić information content (AvgIpc) is 2.62. The number of nitrogens with zero attached hydrogens (tertiary/aromatic N) is 3. The van der Waals surface area contributed by atoms with Gasteiger partial charge in [-0.05, 0) is 38.1 Å².